The quantitative estimate of drug-likeness (QED) is 0.335. The molecule has 0 saturated carbocycles. The van der Waals surface area contributed by atoms with Gasteiger partial charge in [0.2, 0.25) is 12.7 Å². The molecule has 2 heterocycles. The summed E-state index contributed by atoms with van der Waals surface area (Å²) < 4.78 is 17.4. The molecule has 0 aliphatic carbocycles. The van der Waals surface area contributed by atoms with Gasteiger partial charge in [0.05, 0.1) is 24.6 Å². The number of carbonyl (C=O) groups excluding carboxylic acids is 2. The number of pyridine rings is 1. The van der Waals surface area contributed by atoms with Crippen molar-refractivity contribution in [1.29, 1.82) is 0 Å². The van der Waals surface area contributed by atoms with E-state index in [2.05, 4.69) is 5.32 Å². The van der Waals surface area contributed by atoms with E-state index in [0.717, 1.165) is 6.42 Å². The molecule has 0 radical (unpaired) electrons. The molecule has 0 bridgehead atoms. The van der Waals surface area contributed by atoms with Gasteiger partial charge in [-0.2, -0.15) is 0 Å². The summed E-state index contributed by atoms with van der Waals surface area (Å²) in [6.45, 7) is 4.03. The number of nitrogens with zero attached hydrogens (tertiary/aromatic N) is 1. The number of unbranched alkanes of at least 4 members (excludes halogenated alkanes) is 1. The molecule has 1 amide bonds. The Bertz CT molecular complexity index is 1340. The van der Waals surface area contributed by atoms with Crippen LogP contribution in [0.25, 0.3) is 0 Å². The van der Waals surface area contributed by atoms with Gasteiger partial charge in [-0.15, -0.1) is 0 Å². The van der Waals surface area contributed by atoms with Crippen LogP contribution < -0.4 is 20.3 Å². The summed E-state index contributed by atoms with van der Waals surface area (Å²) in [5.74, 6) is 0.234. The molecule has 0 saturated heterocycles. The first-order chi connectivity index (χ1) is 18.9. The van der Waals surface area contributed by atoms with E-state index < -0.39 is 35.6 Å². The Labute approximate surface area is 227 Å². The Hall–Kier alpha value is -4.11. The highest BCUT2D eigenvalue weighted by molar-refractivity contribution is 5.82. The van der Waals surface area contributed by atoms with Crippen molar-refractivity contribution in [2.75, 3.05) is 13.4 Å². The Morgan fingerprint density at radius 3 is 2.54 bits per heavy atom. The lowest BCUT2D eigenvalue weighted by Gasteiger charge is -2.25. The number of hydrogen-bond acceptors (Lipinski definition) is 7. The highest BCUT2D eigenvalue weighted by Crippen LogP contribution is 2.35. The molecule has 2 aromatic carbocycles. The average Bonchev–Trinajstić information content (AvgIpc) is 3.42. The van der Waals surface area contributed by atoms with E-state index in [4.69, 9.17) is 14.2 Å². The number of amides is 1. The Morgan fingerprint density at radius 1 is 1.03 bits per heavy atom. The lowest BCUT2D eigenvalue weighted by Crippen LogP contribution is -2.40. The van der Waals surface area contributed by atoms with Gasteiger partial charge in [-0.25, -0.2) is 0 Å². The zero-order chi connectivity index (χ0) is 27.8. The van der Waals surface area contributed by atoms with E-state index in [1.54, 1.807) is 67.7 Å². The number of aliphatic hydroxyl groups is 1. The lowest BCUT2D eigenvalue weighted by molar-refractivity contribution is -0.143. The van der Waals surface area contributed by atoms with Gasteiger partial charge in [0.25, 0.3) is 5.56 Å². The maximum absolute atomic E-state index is 13.8. The fourth-order valence-corrected chi connectivity index (χ4v) is 4.63. The monoisotopic (exact) mass is 534 g/mol. The highest BCUT2D eigenvalue weighted by Gasteiger charge is 2.28. The second-order valence-corrected chi connectivity index (χ2v) is 9.33. The van der Waals surface area contributed by atoms with Crippen LogP contribution in [0.2, 0.25) is 0 Å². The minimum atomic E-state index is -1.13. The predicted molar refractivity (Wildman–Crippen MR) is 144 cm³/mol. The molecule has 9 heteroatoms. The average molecular weight is 535 g/mol. The van der Waals surface area contributed by atoms with E-state index in [0.29, 0.717) is 35.5 Å². The van der Waals surface area contributed by atoms with E-state index in [-0.39, 0.29) is 25.4 Å². The van der Waals surface area contributed by atoms with Gasteiger partial charge < -0.3 is 29.2 Å². The van der Waals surface area contributed by atoms with E-state index in [1.807, 2.05) is 13.0 Å². The third kappa shape index (κ3) is 6.67. The number of aliphatic hydroxyl groups excluding tert-OH is 1. The number of carbonyl (C=O) groups is 2. The zero-order valence-corrected chi connectivity index (χ0v) is 22.2. The molecule has 39 heavy (non-hydrogen) atoms. The van der Waals surface area contributed by atoms with E-state index in [1.165, 1.54) is 4.57 Å². The Kier molecular flexibility index (Phi) is 9.38. The summed E-state index contributed by atoms with van der Waals surface area (Å²) >= 11 is 0. The van der Waals surface area contributed by atoms with Gasteiger partial charge in [0.1, 0.15) is 12.1 Å². The number of aromatic nitrogens is 1. The number of ether oxygens (including phenoxy) is 3. The van der Waals surface area contributed by atoms with Crippen molar-refractivity contribution < 1.29 is 28.9 Å². The molecule has 206 valence electrons. The van der Waals surface area contributed by atoms with Crippen LogP contribution in [0, 0.1) is 0 Å². The Balaban J connectivity index is 1.65. The molecule has 1 aliphatic rings. The Morgan fingerprint density at radius 2 is 1.79 bits per heavy atom. The minimum absolute atomic E-state index is 0.0959. The molecule has 1 aromatic heterocycles. The number of hydrogen-bond donors (Lipinski definition) is 2. The molecular weight excluding hydrogens is 500 g/mol. The van der Waals surface area contributed by atoms with Crippen LogP contribution in [0.5, 0.6) is 11.5 Å². The lowest BCUT2D eigenvalue weighted by atomic mass is 10.0. The fourth-order valence-electron chi connectivity index (χ4n) is 4.63. The number of esters is 1. The zero-order valence-electron chi connectivity index (χ0n) is 22.2. The van der Waals surface area contributed by atoms with Crippen molar-refractivity contribution in [3.8, 4) is 11.5 Å². The van der Waals surface area contributed by atoms with Crippen molar-refractivity contribution >= 4 is 11.9 Å². The number of fused-ring (bicyclic) bond motifs is 1. The second kappa shape index (κ2) is 13.1. The standard InChI is InChI=1S/C30H34N2O7/c1-3-5-13-24(32-16-9-12-22(30(32)36)28(34)20-10-7-6-8-11-20)29(35)31-23(18-27(33)37-4-2)21-14-15-25-26(17-21)39-19-38-25/h6-12,14-17,23-24,28,34H,3-5,13,18-19H2,1-2H3,(H,31,35)/t23-,24-,28?/m0/s1. The summed E-state index contributed by atoms with van der Waals surface area (Å²) in [6, 6.07) is 15.8. The molecule has 4 rings (SSSR count). The van der Waals surface area contributed by atoms with Crippen molar-refractivity contribution in [2.45, 2.75) is 57.7 Å². The molecule has 3 aromatic rings. The summed E-state index contributed by atoms with van der Waals surface area (Å²) in [5, 5.41) is 13.9. The maximum atomic E-state index is 13.8. The number of benzene rings is 2. The van der Waals surface area contributed by atoms with Crippen molar-refractivity contribution in [3.63, 3.8) is 0 Å². The van der Waals surface area contributed by atoms with E-state index >= 15 is 0 Å². The van der Waals surface area contributed by atoms with Crippen LogP contribution in [0.4, 0.5) is 0 Å². The topological polar surface area (TPSA) is 116 Å². The molecule has 0 spiro atoms. The van der Waals surface area contributed by atoms with Gasteiger partial charge in [-0.1, -0.05) is 56.2 Å². The molecule has 2 N–H and O–H groups in total. The van der Waals surface area contributed by atoms with Crippen LogP contribution >= 0.6 is 0 Å². The fraction of sp³-hybridized carbons (Fsp3) is 0.367. The summed E-state index contributed by atoms with van der Waals surface area (Å²) in [5.41, 5.74) is 0.960. The van der Waals surface area contributed by atoms with Crippen LogP contribution in [0.15, 0.2) is 71.7 Å². The van der Waals surface area contributed by atoms with Crippen LogP contribution in [0.1, 0.15) is 74.4 Å². The normalized spacial score (nSPS) is 14.3. The predicted octanol–water partition coefficient (Wildman–Crippen LogP) is 4.20. The van der Waals surface area contributed by atoms with Crippen LogP contribution in [-0.2, 0) is 14.3 Å². The molecule has 3 atom stereocenters. The first kappa shape index (κ1) is 27.9. The van der Waals surface area contributed by atoms with Crippen LogP contribution in [-0.4, -0.2) is 34.9 Å². The highest BCUT2D eigenvalue weighted by atomic mass is 16.7. The van der Waals surface area contributed by atoms with Crippen LogP contribution in [0.3, 0.4) is 0 Å². The summed E-state index contributed by atoms with van der Waals surface area (Å²) in [4.78, 5) is 39.8. The molecule has 9 nitrogen and oxygen atoms in total. The van der Waals surface area contributed by atoms with Gasteiger partial charge in [0, 0.05) is 6.20 Å². The molecular formula is C30H34N2O7. The summed E-state index contributed by atoms with van der Waals surface area (Å²) in [7, 11) is 0. The smallest absolute Gasteiger partial charge is 0.308 e. The SMILES string of the molecule is CCCC[C@@H](C(=O)N[C@@H](CC(=O)OCC)c1ccc2c(c1)OCO2)n1cccc(C(O)c2ccccc2)c1=O. The minimum Gasteiger partial charge on any atom is -0.466 e. The van der Waals surface area contributed by atoms with Crippen molar-refractivity contribution in [2.24, 2.45) is 0 Å². The maximum Gasteiger partial charge on any atom is 0.308 e. The van der Waals surface area contributed by atoms with E-state index in [9.17, 15) is 19.5 Å². The van der Waals surface area contributed by atoms with Gasteiger partial charge in [-0.05, 0) is 48.7 Å². The largest absolute Gasteiger partial charge is 0.466 e. The molecule has 1 unspecified atom stereocenters. The first-order valence-electron chi connectivity index (χ1n) is 13.2. The third-order valence-corrected chi connectivity index (χ3v) is 6.67. The first-order valence-corrected chi connectivity index (χ1v) is 13.2. The summed E-state index contributed by atoms with van der Waals surface area (Å²) in [6.07, 6.45) is 2.25. The number of rotatable bonds is 12. The third-order valence-electron chi connectivity index (χ3n) is 6.67. The van der Waals surface area contributed by atoms with Gasteiger partial charge in [0.15, 0.2) is 11.5 Å². The van der Waals surface area contributed by atoms with Gasteiger partial charge >= 0.3 is 5.97 Å². The van der Waals surface area contributed by atoms with Gasteiger partial charge in [-0.3, -0.25) is 14.4 Å². The molecule has 0 fully saturated rings. The molecule has 1 aliphatic heterocycles. The van der Waals surface area contributed by atoms with Crippen molar-refractivity contribution in [1.82, 2.24) is 9.88 Å². The second-order valence-electron chi connectivity index (χ2n) is 9.33. The number of nitrogens with one attached hydrogen (secondary N) is 1. The van der Waals surface area contributed by atoms with Crippen molar-refractivity contribution in [3.05, 3.63) is 93.9 Å².